The highest BCUT2D eigenvalue weighted by Gasteiger charge is 2.17. The molecule has 0 atom stereocenters. The Morgan fingerprint density at radius 3 is 2.38 bits per heavy atom. The Balaban J connectivity index is 2.38. The SMILES string of the molecule is NC(=O)c1cncc(Oc2c(Cl)cc([N+](=O)[O-])cc2Cl)c1. The fourth-order valence-corrected chi connectivity index (χ4v) is 2.03. The van der Waals surface area contributed by atoms with Gasteiger partial charge in [-0.25, -0.2) is 0 Å². The van der Waals surface area contributed by atoms with E-state index in [9.17, 15) is 14.9 Å². The number of pyridine rings is 1. The third-order valence-corrected chi connectivity index (χ3v) is 2.97. The van der Waals surface area contributed by atoms with Gasteiger partial charge in [0.25, 0.3) is 5.69 Å². The molecule has 0 aliphatic heterocycles. The number of rotatable bonds is 4. The van der Waals surface area contributed by atoms with Crippen LogP contribution in [0.4, 0.5) is 5.69 Å². The number of amides is 1. The number of carbonyl (C=O) groups excluding carboxylic acids is 1. The number of nitro benzene ring substituents is 1. The van der Waals surface area contributed by atoms with E-state index in [0.717, 1.165) is 12.1 Å². The van der Waals surface area contributed by atoms with Gasteiger partial charge in [0.15, 0.2) is 5.75 Å². The minimum Gasteiger partial charge on any atom is -0.453 e. The third-order valence-electron chi connectivity index (χ3n) is 2.41. The van der Waals surface area contributed by atoms with Crippen LogP contribution in [0.1, 0.15) is 10.4 Å². The molecule has 2 aromatic rings. The van der Waals surface area contributed by atoms with Crippen LogP contribution in [0.2, 0.25) is 10.0 Å². The van der Waals surface area contributed by atoms with E-state index in [-0.39, 0.29) is 32.8 Å². The lowest BCUT2D eigenvalue weighted by molar-refractivity contribution is -0.384. The Kier molecular flexibility index (Phi) is 4.25. The lowest BCUT2D eigenvalue weighted by Gasteiger charge is -2.09. The largest absolute Gasteiger partial charge is 0.453 e. The minimum atomic E-state index is -0.672. The molecule has 1 heterocycles. The van der Waals surface area contributed by atoms with Crippen molar-refractivity contribution in [1.29, 1.82) is 0 Å². The summed E-state index contributed by atoms with van der Waals surface area (Å²) in [6, 6.07) is 3.56. The number of carbonyl (C=O) groups is 1. The van der Waals surface area contributed by atoms with Crippen molar-refractivity contribution in [2.75, 3.05) is 0 Å². The number of ether oxygens (including phenoxy) is 1. The van der Waals surface area contributed by atoms with Gasteiger partial charge in [-0.3, -0.25) is 19.9 Å². The van der Waals surface area contributed by atoms with Crippen molar-refractivity contribution in [2.45, 2.75) is 0 Å². The number of hydrogen-bond donors (Lipinski definition) is 1. The maximum atomic E-state index is 11.1. The fraction of sp³-hybridized carbons (Fsp3) is 0. The number of nitro groups is 1. The van der Waals surface area contributed by atoms with Gasteiger partial charge in [0.1, 0.15) is 5.75 Å². The van der Waals surface area contributed by atoms with Gasteiger partial charge in [0.2, 0.25) is 5.91 Å². The molecule has 7 nitrogen and oxygen atoms in total. The zero-order valence-corrected chi connectivity index (χ0v) is 11.8. The number of halogens is 2. The van der Waals surface area contributed by atoms with Crippen LogP contribution in [0.5, 0.6) is 11.5 Å². The molecule has 0 fully saturated rings. The van der Waals surface area contributed by atoms with Crippen LogP contribution in [0, 0.1) is 10.1 Å². The van der Waals surface area contributed by atoms with Crippen LogP contribution < -0.4 is 10.5 Å². The van der Waals surface area contributed by atoms with Gasteiger partial charge in [-0.05, 0) is 6.07 Å². The summed E-state index contributed by atoms with van der Waals surface area (Å²) in [5.74, 6) is -0.481. The Labute approximate surface area is 128 Å². The highest BCUT2D eigenvalue weighted by Crippen LogP contribution is 2.39. The van der Waals surface area contributed by atoms with Gasteiger partial charge in [0, 0.05) is 18.3 Å². The lowest BCUT2D eigenvalue weighted by Crippen LogP contribution is -2.11. The van der Waals surface area contributed by atoms with E-state index in [1.807, 2.05) is 0 Å². The van der Waals surface area contributed by atoms with Crippen molar-refractivity contribution >= 4 is 34.8 Å². The van der Waals surface area contributed by atoms with Crippen molar-refractivity contribution in [3.8, 4) is 11.5 Å². The van der Waals surface area contributed by atoms with Gasteiger partial charge in [-0.2, -0.15) is 0 Å². The summed E-state index contributed by atoms with van der Waals surface area (Å²) in [5, 5.41) is 10.6. The Morgan fingerprint density at radius 2 is 1.86 bits per heavy atom. The summed E-state index contributed by atoms with van der Waals surface area (Å²) in [4.78, 5) is 24.9. The molecule has 2 N–H and O–H groups in total. The van der Waals surface area contributed by atoms with Crippen LogP contribution in [0.15, 0.2) is 30.6 Å². The molecule has 0 radical (unpaired) electrons. The smallest absolute Gasteiger partial charge is 0.272 e. The fourth-order valence-electron chi connectivity index (χ4n) is 1.48. The molecule has 1 aromatic heterocycles. The van der Waals surface area contributed by atoms with Crippen LogP contribution in [-0.4, -0.2) is 15.8 Å². The second kappa shape index (κ2) is 5.94. The van der Waals surface area contributed by atoms with Crippen LogP contribution in [0.25, 0.3) is 0 Å². The lowest BCUT2D eigenvalue weighted by atomic mass is 10.2. The summed E-state index contributed by atoms with van der Waals surface area (Å²) in [5.41, 5.74) is 5.01. The van der Waals surface area contributed by atoms with Gasteiger partial charge in [0.05, 0.1) is 26.7 Å². The number of nitrogens with two attached hydrogens (primary N) is 1. The van der Waals surface area contributed by atoms with Gasteiger partial charge in [-0.15, -0.1) is 0 Å². The molecular weight excluding hydrogens is 321 g/mol. The third kappa shape index (κ3) is 3.39. The van der Waals surface area contributed by atoms with E-state index in [0.29, 0.717) is 0 Å². The quantitative estimate of drug-likeness (QED) is 0.685. The normalized spacial score (nSPS) is 10.2. The molecule has 0 aliphatic carbocycles. The molecule has 108 valence electrons. The first-order valence-corrected chi connectivity index (χ1v) is 6.20. The molecular formula is C12H7Cl2N3O4. The monoisotopic (exact) mass is 327 g/mol. The molecule has 0 saturated heterocycles. The minimum absolute atomic E-state index is 0.0207. The molecule has 0 spiro atoms. The summed E-state index contributed by atoms with van der Waals surface area (Å²) in [6.45, 7) is 0. The van der Waals surface area contributed by atoms with Gasteiger partial charge in [-0.1, -0.05) is 23.2 Å². The Hall–Kier alpha value is -2.38. The molecule has 0 saturated carbocycles. The second-order valence-corrected chi connectivity index (χ2v) is 4.69. The van der Waals surface area contributed by atoms with Crippen molar-refractivity contribution in [2.24, 2.45) is 5.73 Å². The maximum absolute atomic E-state index is 11.1. The molecule has 1 aromatic carbocycles. The zero-order chi connectivity index (χ0) is 15.6. The van der Waals surface area contributed by atoms with E-state index in [2.05, 4.69) is 4.98 Å². The summed E-state index contributed by atoms with van der Waals surface area (Å²) >= 11 is 11.8. The van der Waals surface area contributed by atoms with E-state index in [1.54, 1.807) is 0 Å². The summed E-state index contributed by atoms with van der Waals surface area (Å²) < 4.78 is 5.41. The Bertz CT molecular complexity index is 713. The Morgan fingerprint density at radius 1 is 1.24 bits per heavy atom. The first-order chi connectivity index (χ1) is 9.88. The van der Waals surface area contributed by atoms with Crippen molar-refractivity contribution in [3.63, 3.8) is 0 Å². The van der Waals surface area contributed by atoms with E-state index in [4.69, 9.17) is 33.7 Å². The number of hydrogen-bond acceptors (Lipinski definition) is 5. The molecule has 0 aliphatic rings. The number of aromatic nitrogens is 1. The topological polar surface area (TPSA) is 108 Å². The van der Waals surface area contributed by atoms with Crippen molar-refractivity contribution < 1.29 is 14.5 Å². The van der Waals surface area contributed by atoms with Gasteiger partial charge >= 0.3 is 0 Å². The first kappa shape index (κ1) is 15.0. The predicted molar refractivity (Wildman–Crippen MR) is 75.9 cm³/mol. The average Bonchev–Trinajstić information content (AvgIpc) is 2.42. The highest BCUT2D eigenvalue weighted by atomic mass is 35.5. The number of non-ortho nitro benzene ring substituents is 1. The van der Waals surface area contributed by atoms with E-state index < -0.39 is 10.8 Å². The van der Waals surface area contributed by atoms with Crippen LogP contribution in [-0.2, 0) is 0 Å². The molecule has 1 amide bonds. The van der Waals surface area contributed by atoms with Crippen LogP contribution >= 0.6 is 23.2 Å². The number of primary amides is 1. The molecule has 21 heavy (non-hydrogen) atoms. The highest BCUT2D eigenvalue weighted by molar-refractivity contribution is 6.37. The number of nitrogens with zero attached hydrogens (tertiary/aromatic N) is 2. The average molecular weight is 328 g/mol. The molecule has 0 unspecified atom stereocenters. The zero-order valence-electron chi connectivity index (χ0n) is 10.2. The van der Waals surface area contributed by atoms with Crippen molar-refractivity contribution in [1.82, 2.24) is 4.98 Å². The van der Waals surface area contributed by atoms with E-state index >= 15 is 0 Å². The second-order valence-electron chi connectivity index (χ2n) is 3.87. The molecule has 9 heteroatoms. The maximum Gasteiger partial charge on any atom is 0.272 e. The summed E-state index contributed by atoms with van der Waals surface area (Å²) in [6.07, 6.45) is 2.59. The van der Waals surface area contributed by atoms with E-state index in [1.165, 1.54) is 18.5 Å². The van der Waals surface area contributed by atoms with Crippen molar-refractivity contribution in [3.05, 3.63) is 56.3 Å². The standard InChI is InChI=1S/C12H7Cl2N3O4/c13-9-2-7(17(19)20)3-10(14)11(9)21-8-1-6(12(15)18)4-16-5-8/h1-5H,(H2,15,18). The van der Waals surface area contributed by atoms with Gasteiger partial charge < -0.3 is 10.5 Å². The van der Waals surface area contributed by atoms with Crippen LogP contribution in [0.3, 0.4) is 0 Å². The summed E-state index contributed by atoms with van der Waals surface area (Å²) in [7, 11) is 0. The number of benzene rings is 1. The molecule has 2 rings (SSSR count). The molecule has 0 bridgehead atoms. The first-order valence-electron chi connectivity index (χ1n) is 5.44. The predicted octanol–water partition coefficient (Wildman–Crippen LogP) is 3.19.